The van der Waals surface area contributed by atoms with E-state index in [0.717, 1.165) is 10.5 Å². The van der Waals surface area contributed by atoms with Gasteiger partial charge in [-0.3, -0.25) is 14.5 Å². The normalized spacial score (nSPS) is 13.6. The first-order valence-corrected chi connectivity index (χ1v) is 9.47. The van der Waals surface area contributed by atoms with Crippen molar-refractivity contribution in [3.63, 3.8) is 0 Å². The molecule has 0 spiro atoms. The monoisotopic (exact) mass is 388 g/mol. The van der Waals surface area contributed by atoms with Crippen molar-refractivity contribution in [3.8, 4) is 0 Å². The summed E-state index contributed by atoms with van der Waals surface area (Å²) in [6.07, 6.45) is 0.347. The Balaban J connectivity index is 1.75. The third kappa shape index (κ3) is 3.60. The SMILES string of the molecule is COC(=O)c1ccc2c(c1)C(=O)N(CCc1ccc(S(N)(=O)=O)cc1)C2=O. The van der Waals surface area contributed by atoms with Gasteiger partial charge in [-0.15, -0.1) is 0 Å². The number of sulfonamides is 1. The highest BCUT2D eigenvalue weighted by Gasteiger charge is 2.35. The maximum atomic E-state index is 12.5. The van der Waals surface area contributed by atoms with Crippen LogP contribution in [-0.4, -0.2) is 44.8 Å². The van der Waals surface area contributed by atoms with Crippen molar-refractivity contribution in [1.29, 1.82) is 0 Å². The number of hydrogen-bond acceptors (Lipinski definition) is 6. The molecule has 2 N–H and O–H groups in total. The average molecular weight is 388 g/mol. The summed E-state index contributed by atoms with van der Waals surface area (Å²) in [6.45, 7) is 0.120. The van der Waals surface area contributed by atoms with Gasteiger partial charge in [-0.25, -0.2) is 18.4 Å². The van der Waals surface area contributed by atoms with E-state index in [9.17, 15) is 22.8 Å². The Labute approximate surface area is 155 Å². The van der Waals surface area contributed by atoms with Gasteiger partial charge in [0, 0.05) is 6.54 Å². The lowest BCUT2D eigenvalue weighted by Crippen LogP contribution is -2.31. The van der Waals surface area contributed by atoms with Gasteiger partial charge in [0.25, 0.3) is 11.8 Å². The molecule has 2 aromatic rings. The van der Waals surface area contributed by atoms with Gasteiger partial charge in [-0.05, 0) is 42.3 Å². The number of imide groups is 1. The van der Waals surface area contributed by atoms with Crippen LogP contribution >= 0.6 is 0 Å². The topological polar surface area (TPSA) is 124 Å². The molecule has 0 fully saturated rings. The van der Waals surface area contributed by atoms with Crippen LogP contribution < -0.4 is 5.14 Å². The van der Waals surface area contributed by atoms with Gasteiger partial charge in [-0.1, -0.05) is 12.1 Å². The molecule has 3 rings (SSSR count). The van der Waals surface area contributed by atoms with Crippen molar-refractivity contribution in [2.75, 3.05) is 13.7 Å². The number of benzene rings is 2. The zero-order chi connectivity index (χ0) is 19.8. The van der Waals surface area contributed by atoms with Gasteiger partial charge in [0.15, 0.2) is 0 Å². The van der Waals surface area contributed by atoms with Crippen molar-refractivity contribution in [2.45, 2.75) is 11.3 Å². The number of primary sulfonamides is 1. The lowest BCUT2D eigenvalue weighted by Gasteiger charge is -2.13. The second-order valence-corrected chi connectivity index (χ2v) is 7.51. The number of nitrogens with zero attached hydrogens (tertiary/aromatic N) is 1. The van der Waals surface area contributed by atoms with Gasteiger partial charge in [0.2, 0.25) is 10.0 Å². The predicted molar refractivity (Wildman–Crippen MR) is 94.7 cm³/mol. The lowest BCUT2D eigenvalue weighted by atomic mass is 10.1. The fourth-order valence-corrected chi connectivity index (χ4v) is 3.34. The van der Waals surface area contributed by atoms with Crippen molar-refractivity contribution in [1.82, 2.24) is 4.90 Å². The Hall–Kier alpha value is -3.04. The third-order valence-electron chi connectivity index (χ3n) is 4.27. The summed E-state index contributed by atoms with van der Waals surface area (Å²) >= 11 is 0. The minimum absolute atomic E-state index is 0.0117. The van der Waals surface area contributed by atoms with Crippen LogP contribution in [0.2, 0.25) is 0 Å². The predicted octanol–water partition coefficient (Wildman–Crippen LogP) is 0.959. The lowest BCUT2D eigenvalue weighted by molar-refractivity contribution is 0.0599. The first-order valence-electron chi connectivity index (χ1n) is 7.92. The molecule has 140 valence electrons. The number of fused-ring (bicyclic) bond motifs is 1. The number of carbonyl (C=O) groups excluding carboxylic acids is 3. The van der Waals surface area contributed by atoms with Gasteiger partial charge in [0.1, 0.15) is 0 Å². The van der Waals surface area contributed by atoms with Crippen molar-refractivity contribution >= 4 is 27.8 Å². The third-order valence-corrected chi connectivity index (χ3v) is 5.20. The number of hydrogen-bond donors (Lipinski definition) is 1. The van der Waals surface area contributed by atoms with E-state index >= 15 is 0 Å². The number of nitrogens with two attached hydrogens (primary N) is 1. The Bertz CT molecular complexity index is 1040. The standard InChI is InChI=1S/C18H16N2O6S/c1-26-18(23)12-4-7-14-15(10-12)17(22)20(16(14)21)9-8-11-2-5-13(6-3-11)27(19,24)25/h2-7,10H,8-9H2,1H3,(H2,19,24,25). The van der Waals surface area contributed by atoms with Crippen LogP contribution in [0.1, 0.15) is 36.6 Å². The molecule has 0 aliphatic carbocycles. The summed E-state index contributed by atoms with van der Waals surface area (Å²) in [5.74, 6) is -1.51. The first-order chi connectivity index (χ1) is 12.7. The molecule has 1 aliphatic rings. The van der Waals surface area contributed by atoms with E-state index in [4.69, 9.17) is 5.14 Å². The van der Waals surface area contributed by atoms with Crippen LogP contribution in [-0.2, 0) is 21.2 Å². The highest BCUT2D eigenvalue weighted by atomic mass is 32.2. The molecule has 8 nitrogen and oxygen atoms in total. The molecule has 0 saturated heterocycles. The molecule has 0 saturated carbocycles. The number of amides is 2. The van der Waals surface area contributed by atoms with Crippen LogP contribution in [0, 0.1) is 0 Å². The summed E-state index contributed by atoms with van der Waals surface area (Å²) in [4.78, 5) is 37.7. The zero-order valence-electron chi connectivity index (χ0n) is 14.3. The largest absolute Gasteiger partial charge is 0.465 e. The van der Waals surface area contributed by atoms with Gasteiger partial charge in [0.05, 0.1) is 28.7 Å². The summed E-state index contributed by atoms with van der Waals surface area (Å²) in [5.41, 5.74) is 1.33. The van der Waals surface area contributed by atoms with Gasteiger partial charge in [-0.2, -0.15) is 0 Å². The van der Waals surface area contributed by atoms with E-state index < -0.39 is 27.8 Å². The molecule has 1 heterocycles. The molecule has 2 aromatic carbocycles. The molecular formula is C18H16N2O6S. The summed E-state index contributed by atoms with van der Waals surface area (Å²) < 4.78 is 27.2. The second kappa shape index (κ2) is 6.93. The van der Waals surface area contributed by atoms with Crippen LogP contribution in [0.4, 0.5) is 0 Å². The summed E-state index contributed by atoms with van der Waals surface area (Å²) in [5, 5.41) is 5.05. The van der Waals surface area contributed by atoms with E-state index in [1.165, 1.54) is 37.4 Å². The number of carbonyl (C=O) groups is 3. The highest BCUT2D eigenvalue weighted by Crippen LogP contribution is 2.24. The average Bonchev–Trinajstić information content (AvgIpc) is 2.89. The quantitative estimate of drug-likeness (QED) is 0.601. The molecule has 0 unspecified atom stereocenters. The molecule has 0 aromatic heterocycles. The van der Waals surface area contributed by atoms with Crippen LogP contribution in [0.25, 0.3) is 0 Å². The van der Waals surface area contributed by atoms with Gasteiger partial charge >= 0.3 is 5.97 Å². The first kappa shape index (κ1) is 18.7. The van der Waals surface area contributed by atoms with E-state index in [0.29, 0.717) is 6.42 Å². The summed E-state index contributed by atoms with van der Waals surface area (Å²) in [6, 6.07) is 10.1. The molecule has 27 heavy (non-hydrogen) atoms. The Kier molecular flexibility index (Phi) is 4.81. The molecule has 0 bridgehead atoms. The molecular weight excluding hydrogens is 372 g/mol. The maximum absolute atomic E-state index is 12.5. The van der Waals surface area contributed by atoms with Crippen LogP contribution in [0.5, 0.6) is 0 Å². The molecule has 1 aliphatic heterocycles. The van der Waals surface area contributed by atoms with Crippen molar-refractivity contribution in [3.05, 3.63) is 64.7 Å². The van der Waals surface area contributed by atoms with E-state index in [2.05, 4.69) is 4.74 Å². The molecule has 0 atom stereocenters. The Morgan fingerprint density at radius 1 is 1.04 bits per heavy atom. The number of esters is 1. The smallest absolute Gasteiger partial charge is 0.337 e. The van der Waals surface area contributed by atoms with Crippen molar-refractivity contribution < 1.29 is 27.5 Å². The van der Waals surface area contributed by atoms with Gasteiger partial charge < -0.3 is 4.74 Å². The number of methoxy groups -OCH3 is 1. The summed E-state index contributed by atoms with van der Waals surface area (Å²) in [7, 11) is -2.54. The maximum Gasteiger partial charge on any atom is 0.337 e. The fourth-order valence-electron chi connectivity index (χ4n) is 2.83. The van der Waals surface area contributed by atoms with E-state index in [1.807, 2.05) is 0 Å². The Morgan fingerprint density at radius 3 is 2.26 bits per heavy atom. The zero-order valence-corrected chi connectivity index (χ0v) is 15.2. The second-order valence-electron chi connectivity index (χ2n) is 5.95. The van der Waals surface area contributed by atoms with Crippen LogP contribution in [0.15, 0.2) is 47.4 Å². The molecule has 0 radical (unpaired) electrons. The molecule has 9 heteroatoms. The fraction of sp³-hybridized carbons (Fsp3) is 0.167. The minimum atomic E-state index is -3.77. The number of ether oxygens (including phenoxy) is 1. The minimum Gasteiger partial charge on any atom is -0.465 e. The van der Waals surface area contributed by atoms with Crippen molar-refractivity contribution in [2.24, 2.45) is 5.14 Å². The Morgan fingerprint density at radius 2 is 1.67 bits per heavy atom. The van der Waals surface area contributed by atoms with E-state index in [-0.39, 0.29) is 28.1 Å². The molecule has 2 amide bonds. The highest BCUT2D eigenvalue weighted by molar-refractivity contribution is 7.89. The number of rotatable bonds is 5. The van der Waals surface area contributed by atoms with Crippen LogP contribution in [0.3, 0.4) is 0 Å². The van der Waals surface area contributed by atoms with E-state index in [1.54, 1.807) is 12.1 Å².